The van der Waals surface area contributed by atoms with E-state index < -0.39 is 23.5 Å². The van der Waals surface area contributed by atoms with E-state index in [0.717, 1.165) is 4.47 Å². The Morgan fingerprint density at radius 1 is 1.40 bits per heavy atom. The van der Waals surface area contributed by atoms with Gasteiger partial charge in [-0.25, -0.2) is 9.59 Å². The second kappa shape index (κ2) is 6.22. The van der Waals surface area contributed by atoms with E-state index in [2.05, 4.69) is 15.9 Å². The van der Waals surface area contributed by atoms with Crippen molar-refractivity contribution in [1.29, 1.82) is 0 Å². The molecule has 1 aromatic carbocycles. The van der Waals surface area contributed by atoms with Gasteiger partial charge in [-0.2, -0.15) is 0 Å². The number of hydrogen-bond acceptors (Lipinski definition) is 6. The number of hydrogen-bond donors (Lipinski definition) is 1. The molecule has 0 saturated heterocycles. The highest BCUT2D eigenvalue weighted by Gasteiger charge is 2.46. The molecular formula is C18H18BrNO5. The quantitative estimate of drug-likeness (QED) is 0.758. The Labute approximate surface area is 153 Å². The monoisotopic (exact) mass is 407 g/mol. The van der Waals surface area contributed by atoms with Crippen LogP contribution in [0.15, 0.2) is 51.5 Å². The number of carbonyl (C=O) groups excluding carboxylic acids is 2. The van der Waals surface area contributed by atoms with Crippen molar-refractivity contribution >= 4 is 27.9 Å². The standard InChI is InChI=1S/C18H18BrNO5/c1-18(2)8-11-13(17(22)25-18)12(9-5-4-6-10(19)7-9)14(15(20)24-11)16(21)23-3/h4-7,12H,8,20H2,1-3H3/t12-/m1/s1. The van der Waals surface area contributed by atoms with Crippen LogP contribution in [0, 0.1) is 0 Å². The SMILES string of the molecule is COC(=O)C1=C(N)OC2=C(C(=O)OC(C)(C)C2)[C@H]1c1cccc(Br)c1. The molecule has 0 unspecified atom stereocenters. The normalized spacial score (nSPS) is 22.1. The zero-order valence-electron chi connectivity index (χ0n) is 14.1. The third-order valence-electron chi connectivity index (χ3n) is 4.14. The van der Waals surface area contributed by atoms with Gasteiger partial charge in [-0.1, -0.05) is 28.1 Å². The lowest BCUT2D eigenvalue weighted by molar-refractivity contribution is -0.155. The number of benzene rings is 1. The second-order valence-corrected chi connectivity index (χ2v) is 7.44. The lowest BCUT2D eigenvalue weighted by Crippen LogP contribution is -2.40. The van der Waals surface area contributed by atoms with Crippen LogP contribution in [-0.4, -0.2) is 24.6 Å². The predicted octanol–water partition coefficient (Wildman–Crippen LogP) is 2.89. The van der Waals surface area contributed by atoms with Crippen LogP contribution in [-0.2, 0) is 23.8 Å². The van der Waals surface area contributed by atoms with Crippen LogP contribution >= 0.6 is 15.9 Å². The van der Waals surface area contributed by atoms with Gasteiger partial charge in [0.15, 0.2) is 0 Å². The van der Waals surface area contributed by atoms with Crippen LogP contribution in [0.2, 0.25) is 0 Å². The van der Waals surface area contributed by atoms with Crippen LogP contribution in [0.25, 0.3) is 0 Å². The maximum atomic E-state index is 12.7. The molecule has 2 heterocycles. The number of carbonyl (C=O) groups is 2. The second-order valence-electron chi connectivity index (χ2n) is 6.52. The van der Waals surface area contributed by atoms with Gasteiger partial charge in [-0.15, -0.1) is 0 Å². The molecule has 0 aromatic heterocycles. The van der Waals surface area contributed by atoms with Crippen LogP contribution in [0.4, 0.5) is 0 Å². The van der Waals surface area contributed by atoms with Gasteiger partial charge < -0.3 is 19.9 Å². The first-order chi connectivity index (χ1) is 11.7. The van der Waals surface area contributed by atoms with Gasteiger partial charge in [0.2, 0.25) is 5.88 Å². The summed E-state index contributed by atoms with van der Waals surface area (Å²) >= 11 is 3.41. The molecular weight excluding hydrogens is 390 g/mol. The molecule has 2 N–H and O–H groups in total. The van der Waals surface area contributed by atoms with Gasteiger partial charge in [0.1, 0.15) is 16.9 Å². The Bertz CT molecular complexity index is 825. The fourth-order valence-corrected chi connectivity index (χ4v) is 3.55. The predicted molar refractivity (Wildman–Crippen MR) is 93.0 cm³/mol. The van der Waals surface area contributed by atoms with Crippen molar-refractivity contribution in [3.63, 3.8) is 0 Å². The van der Waals surface area contributed by atoms with E-state index >= 15 is 0 Å². The number of cyclic esters (lactones) is 1. The zero-order chi connectivity index (χ0) is 18.4. The van der Waals surface area contributed by atoms with Crippen molar-refractivity contribution < 1.29 is 23.8 Å². The lowest BCUT2D eigenvalue weighted by atomic mass is 9.80. The summed E-state index contributed by atoms with van der Waals surface area (Å²) in [6.45, 7) is 3.59. The summed E-state index contributed by atoms with van der Waals surface area (Å²) in [6, 6.07) is 7.31. The van der Waals surface area contributed by atoms with Crippen LogP contribution in [0.1, 0.15) is 31.7 Å². The van der Waals surface area contributed by atoms with E-state index in [-0.39, 0.29) is 17.0 Å². The first kappa shape index (κ1) is 17.5. The molecule has 2 aliphatic heterocycles. The molecule has 0 saturated carbocycles. The van der Waals surface area contributed by atoms with E-state index in [4.69, 9.17) is 19.9 Å². The largest absolute Gasteiger partial charge is 0.465 e. The molecule has 7 heteroatoms. The summed E-state index contributed by atoms with van der Waals surface area (Å²) in [4.78, 5) is 25.0. The van der Waals surface area contributed by atoms with E-state index in [0.29, 0.717) is 17.7 Å². The summed E-state index contributed by atoms with van der Waals surface area (Å²) in [6.07, 6.45) is 0.369. The minimum absolute atomic E-state index is 0.0546. The minimum atomic E-state index is -0.711. The molecule has 0 radical (unpaired) electrons. The van der Waals surface area contributed by atoms with Crippen LogP contribution < -0.4 is 5.73 Å². The third kappa shape index (κ3) is 3.16. The molecule has 6 nitrogen and oxygen atoms in total. The molecule has 0 spiro atoms. The van der Waals surface area contributed by atoms with Crippen molar-refractivity contribution in [1.82, 2.24) is 0 Å². The van der Waals surface area contributed by atoms with Gasteiger partial charge in [0, 0.05) is 10.9 Å². The summed E-state index contributed by atoms with van der Waals surface area (Å²) in [5.74, 6) is -1.51. The zero-order valence-corrected chi connectivity index (χ0v) is 15.7. The third-order valence-corrected chi connectivity index (χ3v) is 4.63. The highest BCUT2D eigenvalue weighted by molar-refractivity contribution is 9.10. The Balaban J connectivity index is 2.21. The van der Waals surface area contributed by atoms with Crippen molar-refractivity contribution in [3.05, 3.63) is 57.1 Å². The molecule has 0 aliphatic carbocycles. The van der Waals surface area contributed by atoms with E-state index in [1.54, 1.807) is 13.8 Å². The molecule has 1 aromatic rings. The van der Waals surface area contributed by atoms with Gasteiger partial charge in [-0.3, -0.25) is 0 Å². The number of halogens is 1. The maximum absolute atomic E-state index is 12.7. The Kier molecular flexibility index (Phi) is 4.36. The van der Waals surface area contributed by atoms with Crippen molar-refractivity contribution in [2.45, 2.75) is 31.8 Å². The minimum Gasteiger partial charge on any atom is -0.465 e. The molecule has 2 aliphatic rings. The molecule has 0 amide bonds. The Hall–Kier alpha value is -2.28. The summed E-state index contributed by atoms with van der Waals surface area (Å²) in [5, 5.41) is 0. The fourth-order valence-electron chi connectivity index (χ4n) is 3.13. The number of nitrogens with two attached hydrogens (primary N) is 1. The Morgan fingerprint density at radius 2 is 2.12 bits per heavy atom. The molecule has 1 atom stereocenters. The average molecular weight is 408 g/mol. The maximum Gasteiger partial charge on any atom is 0.340 e. The van der Waals surface area contributed by atoms with E-state index in [1.165, 1.54) is 7.11 Å². The number of rotatable bonds is 2. The van der Waals surface area contributed by atoms with Gasteiger partial charge in [0.25, 0.3) is 0 Å². The van der Waals surface area contributed by atoms with Gasteiger partial charge in [0.05, 0.1) is 18.6 Å². The summed E-state index contributed by atoms with van der Waals surface area (Å²) in [7, 11) is 1.26. The molecule has 0 fully saturated rings. The Morgan fingerprint density at radius 3 is 2.76 bits per heavy atom. The number of ether oxygens (including phenoxy) is 3. The van der Waals surface area contributed by atoms with Crippen molar-refractivity contribution in [2.24, 2.45) is 5.73 Å². The van der Waals surface area contributed by atoms with E-state index in [9.17, 15) is 9.59 Å². The van der Waals surface area contributed by atoms with Gasteiger partial charge >= 0.3 is 11.9 Å². The molecule has 3 rings (SSSR count). The average Bonchev–Trinajstić information content (AvgIpc) is 2.51. The number of esters is 2. The smallest absolute Gasteiger partial charge is 0.340 e. The summed E-state index contributed by atoms with van der Waals surface area (Å²) in [5.41, 5.74) is 6.40. The van der Waals surface area contributed by atoms with Crippen molar-refractivity contribution in [3.8, 4) is 0 Å². The van der Waals surface area contributed by atoms with Gasteiger partial charge in [-0.05, 0) is 31.5 Å². The van der Waals surface area contributed by atoms with Crippen LogP contribution in [0.3, 0.4) is 0 Å². The highest BCUT2D eigenvalue weighted by Crippen LogP contribution is 2.45. The molecule has 25 heavy (non-hydrogen) atoms. The molecule has 132 valence electrons. The first-order valence-corrected chi connectivity index (χ1v) is 8.50. The summed E-state index contributed by atoms with van der Waals surface area (Å²) < 4.78 is 16.8. The number of methoxy groups -OCH3 is 1. The first-order valence-electron chi connectivity index (χ1n) is 7.71. The van der Waals surface area contributed by atoms with Crippen molar-refractivity contribution in [2.75, 3.05) is 7.11 Å². The topological polar surface area (TPSA) is 87.9 Å². The highest BCUT2D eigenvalue weighted by atomic mass is 79.9. The van der Waals surface area contributed by atoms with Crippen LogP contribution in [0.5, 0.6) is 0 Å². The van der Waals surface area contributed by atoms with E-state index in [1.807, 2.05) is 24.3 Å². The molecule has 0 bridgehead atoms. The fraction of sp³-hybridized carbons (Fsp3) is 0.333. The lowest BCUT2D eigenvalue weighted by Gasteiger charge is -2.37.